The van der Waals surface area contributed by atoms with Gasteiger partial charge in [-0.3, -0.25) is 0 Å². The summed E-state index contributed by atoms with van der Waals surface area (Å²) in [7, 11) is 1.31. The average molecular weight is 293 g/mol. The minimum Gasteiger partial charge on any atom is -0.476 e. The highest BCUT2D eigenvalue weighted by molar-refractivity contribution is 5.90. The quantitative estimate of drug-likeness (QED) is 0.852. The first kappa shape index (κ1) is 15.2. The van der Waals surface area contributed by atoms with Crippen molar-refractivity contribution in [1.29, 1.82) is 0 Å². The third kappa shape index (κ3) is 2.97. The van der Waals surface area contributed by atoms with Gasteiger partial charge < -0.3 is 14.6 Å². The maximum absolute atomic E-state index is 11.7. The van der Waals surface area contributed by atoms with E-state index in [1.807, 2.05) is 20.8 Å². The van der Waals surface area contributed by atoms with Crippen molar-refractivity contribution in [2.24, 2.45) is 0 Å². The molecule has 1 N–H and O–H groups in total. The van der Waals surface area contributed by atoms with Gasteiger partial charge in [-0.2, -0.15) is 0 Å². The van der Waals surface area contributed by atoms with Gasteiger partial charge in [0.15, 0.2) is 5.65 Å². The van der Waals surface area contributed by atoms with E-state index in [1.54, 1.807) is 16.5 Å². The van der Waals surface area contributed by atoms with Gasteiger partial charge in [0.25, 0.3) is 0 Å². The van der Waals surface area contributed by atoms with Crippen molar-refractivity contribution in [3.63, 3.8) is 0 Å². The third-order valence-electron chi connectivity index (χ3n) is 2.91. The van der Waals surface area contributed by atoms with E-state index in [0.717, 1.165) is 0 Å². The number of aliphatic hydroxyl groups excluding tert-OH is 1. The first-order chi connectivity index (χ1) is 9.88. The lowest BCUT2D eigenvalue weighted by Crippen LogP contribution is -2.18. The van der Waals surface area contributed by atoms with E-state index in [4.69, 9.17) is 14.6 Å². The number of methoxy groups -OCH3 is 1. The smallest absolute Gasteiger partial charge is 0.338 e. The van der Waals surface area contributed by atoms with Gasteiger partial charge in [0.05, 0.1) is 19.3 Å². The van der Waals surface area contributed by atoms with E-state index in [1.165, 1.54) is 7.11 Å². The number of hydrogen-bond donors (Lipinski definition) is 1. The van der Waals surface area contributed by atoms with Crippen molar-refractivity contribution in [3.05, 3.63) is 23.5 Å². The van der Waals surface area contributed by atoms with Crippen LogP contribution >= 0.6 is 0 Å². The molecule has 114 valence electrons. The molecule has 0 saturated heterocycles. The first-order valence-corrected chi connectivity index (χ1v) is 6.60. The van der Waals surface area contributed by atoms with E-state index >= 15 is 0 Å². The van der Waals surface area contributed by atoms with Crippen LogP contribution in [0.4, 0.5) is 0 Å². The fourth-order valence-corrected chi connectivity index (χ4v) is 1.96. The Labute approximate surface area is 122 Å². The van der Waals surface area contributed by atoms with Crippen LogP contribution in [0.1, 0.15) is 37.0 Å². The summed E-state index contributed by atoms with van der Waals surface area (Å²) >= 11 is 0. The van der Waals surface area contributed by atoms with Crippen LogP contribution < -0.4 is 4.74 Å². The molecule has 0 radical (unpaired) electrons. The number of carbonyl (C=O) groups excluding carboxylic acids is 1. The number of esters is 1. The maximum atomic E-state index is 11.7. The summed E-state index contributed by atoms with van der Waals surface area (Å²) in [5, 5.41) is 17.2. The molecular weight excluding hydrogens is 274 g/mol. The molecule has 2 aromatic rings. The molecule has 0 aliphatic rings. The fourth-order valence-electron chi connectivity index (χ4n) is 1.96. The minimum atomic E-state index is -0.480. The number of pyridine rings is 1. The number of hydrogen-bond acceptors (Lipinski definition) is 6. The van der Waals surface area contributed by atoms with Gasteiger partial charge in [-0.15, -0.1) is 10.2 Å². The fraction of sp³-hybridized carbons (Fsp3) is 0.500. The van der Waals surface area contributed by atoms with Crippen LogP contribution in [0.2, 0.25) is 0 Å². The Morgan fingerprint density at radius 1 is 1.33 bits per heavy atom. The Morgan fingerprint density at radius 2 is 2.05 bits per heavy atom. The van der Waals surface area contributed by atoms with E-state index < -0.39 is 5.97 Å². The summed E-state index contributed by atoms with van der Waals surface area (Å²) in [4.78, 5) is 11.7. The SMILES string of the molecule is COC(=O)c1cc(OCCO)n2c(C(C)(C)C)nnc2c1. The van der Waals surface area contributed by atoms with Crippen molar-refractivity contribution in [2.75, 3.05) is 20.3 Å². The summed E-state index contributed by atoms with van der Waals surface area (Å²) in [6.45, 7) is 6.01. The van der Waals surface area contributed by atoms with Crippen LogP contribution in [0.3, 0.4) is 0 Å². The van der Waals surface area contributed by atoms with E-state index in [9.17, 15) is 4.79 Å². The Morgan fingerprint density at radius 3 is 2.62 bits per heavy atom. The van der Waals surface area contributed by atoms with Crippen molar-refractivity contribution in [1.82, 2.24) is 14.6 Å². The summed E-state index contributed by atoms with van der Waals surface area (Å²) in [5.41, 5.74) is 0.574. The second-order valence-electron chi connectivity index (χ2n) is 5.61. The number of aromatic nitrogens is 3. The molecule has 0 bridgehead atoms. The van der Waals surface area contributed by atoms with Gasteiger partial charge in [0.2, 0.25) is 5.88 Å². The van der Waals surface area contributed by atoms with Crippen molar-refractivity contribution < 1.29 is 19.4 Å². The molecule has 2 heterocycles. The molecular formula is C14H19N3O4. The van der Waals surface area contributed by atoms with Crippen molar-refractivity contribution >= 4 is 11.6 Å². The van der Waals surface area contributed by atoms with E-state index in [0.29, 0.717) is 22.9 Å². The zero-order chi connectivity index (χ0) is 15.6. The number of rotatable bonds is 4. The number of carbonyl (C=O) groups is 1. The van der Waals surface area contributed by atoms with E-state index in [-0.39, 0.29) is 18.6 Å². The summed E-state index contributed by atoms with van der Waals surface area (Å²) < 4.78 is 12.0. The van der Waals surface area contributed by atoms with Crippen LogP contribution in [0.15, 0.2) is 12.1 Å². The molecule has 0 amide bonds. The number of fused-ring (bicyclic) bond motifs is 1. The summed E-state index contributed by atoms with van der Waals surface area (Å²) in [6, 6.07) is 3.16. The van der Waals surface area contributed by atoms with Crippen LogP contribution in [0, 0.1) is 0 Å². The lowest BCUT2D eigenvalue weighted by molar-refractivity contribution is 0.0600. The second-order valence-corrected chi connectivity index (χ2v) is 5.61. The Bertz CT molecular complexity index is 658. The number of ether oxygens (including phenoxy) is 2. The monoisotopic (exact) mass is 293 g/mol. The summed E-state index contributed by atoms with van der Waals surface area (Å²) in [5.74, 6) is 0.630. The molecule has 0 spiro atoms. The molecule has 0 aliphatic carbocycles. The molecule has 2 rings (SSSR count). The molecule has 2 aromatic heterocycles. The third-order valence-corrected chi connectivity index (χ3v) is 2.91. The molecule has 0 saturated carbocycles. The van der Waals surface area contributed by atoms with Gasteiger partial charge >= 0.3 is 5.97 Å². The normalized spacial score (nSPS) is 11.7. The Kier molecular flexibility index (Phi) is 4.13. The minimum absolute atomic E-state index is 0.113. The highest BCUT2D eigenvalue weighted by Gasteiger charge is 2.24. The zero-order valence-electron chi connectivity index (χ0n) is 12.6. The first-order valence-electron chi connectivity index (χ1n) is 6.60. The second kappa shape index (κ2) is 5.69. The molecule has 0 aromatic carbocycles. The Hall–Kier alpha value is -2.15. The van der Waals surface area contributed by atoms with Gasteiger partial charge in [0, 0.05) is 11.5 Å². The lowest BCUT2D eigenvalue weighted by atomic mass is 9.96. The summed E-state index contributed by atoms with van der Waals surface area (Å²) in [6.07, 6.45) is 0. The highest BCUT2D eigenvalue weighted by atomic mass is 16.5. The van der Waals surface area contributed by atoms with Crippen molar-refractivity contribution in [2.45, 2.75) is 26.2 Å². The predicted molar refractivity (Wildman–Crippen MR) is 75.6 cm³/mol. The number of aliphatic hydroxyl groups is 1. The topological polar surface area (TPSA) is 86.0 Å². The molecule has 7 nitrogen and oxygen atoms in total. The maximum Gasteiger partial charge on any atom is 0.338 e. The average Bonchev–Trinajstić information content (AvgIpc) is 2.87. The highest BCUT2D eigenvalue weighted by Crippen LogP contribution is 2.26. The van der Waals surface area contributed by atoms with Crippen LogP contribution in [0.5, 0.6) is 5.88 Å². The molecule has 0 aliphatic heterocycles. The molecule has 7 heteroatoms. The molecule has 21 heavy (non-hydrogen) atoms. The van der Waals surface area contributed by atoms with Gasteiger partial charge in [0.1, 0.15) is 12.4 Å². The van der Waals surface area contributed by atoms with Crippen LogP contribution in [0.25, 0.3) is 5.65 Å². The van der Waals surface area contributed by atoms with Gasteiger partial charge in [-0.05, 0) is 6.07 Å². The van der Waals surface area contributed by atoms with E-state index in [2.05, 4.69) is 10.2 Å². The number of nitrogens with zero attached hydrogens (tertiary/aromatic N) is 3. The van der Waals surface area contributed by atoms with Crippen molar-refractivity contribution in [3.8, 4) is 5.88 Å². The van der Waals surface area contributed by atoms with Gasteiger partial charge in [-0.25, -0.2) is 9.20 Å². The zero-order valence-corrected chi connectivity index (χ0v) is 12.6. The van der Waals surface area contributed by atoms with Crippen LogP contribution in [-0.4, -0.2) is 46.0 Å². The van der Waals surface area contributed by atoms with Gasteiger partial charge in [-0.1, -0.05) is 20.8 Å². The molecule has 0 atom stereocenters. The lowest BCUT2D eigenvalue weighted by Gasteiger charge is -2.18. The standard InChI is InChI=1S/C14H19N3O4/c1-14(2,3)13-16-15-10-7-9(12(19)20-4)8-11(17(10)13)21-6-5-18/h7-8,18H,5-6H2,1-4H3. The Balaban J connectivity index is 2.65. The molecule has 0 unspecified atom stereocenters. The predicted octanol–water partition coefficient (Wildman–Crippen LogP) is 1.18. The van der Waals surface area contributed by atoms with Crippen LogP contribution in [-0.2, 0) is 10.2 Å². The molecule has 0 fully saturated rings. The largest absolute Gasteiger partial charge is 0.476 e.